The normalized spacial score (nSPS) is 20.2. The third-order valence-electron chi connectivity index (χ3n) is 4.05. The number of nitrogen functional groups attached to an aromatic ring is 1. The van der Waals surface area contributed by atoms with E-state index in [-0.39, 0.29) is 23.5 Å². The maximum atomic E-state index is 14.6. The molecule has 7 nitrogen and oxygen atoms in total. The molecule has 8 heteroatoms. The lowest BCUT2D eigenvalue weighted by Crippen LogP contribution is -2.45. The van der Waals surface area contributed by atoms with Crippen LogP contribution in [-0.4, -0.2) is 36.9 Å². The van der Waals surface area contributed by atoms with Gasteiger partial charge >= 0.3 is 11.9 Å². The molecule has 4 N–H and O–H groups in total. The van der Waals surface area contributed by atoms with Crippen LogP contribution in [0, 0.1) is 11.7 Å². The molecule has 1 aliphatic rings. The Morgan fingerprint density at radius 3 is 2.54 bits per heavy atom. The zero-order chi connectivity index (χ0) is 19.6. The Morgan fingerprint density at radius 1 is 1.35 bits per heavy atom. The summed E-state index contributed by atoms with van der Waals surface area (Å²) in [6.45, 7) is 7.51. The first kappa shape index (κ1) is 20.0. The second-order valence-electron chi connectivity index (χ2n) is 7.23. The quantitative estimate of drug-likeness (QED) is 0.619. The highest BCUT2D eigenvalue weighted by Crippen LogP contribution is 2.35. The van der Waals surface area contributed by atoms with Crippen molar-refractivity contribution in [2.75, 3.05) is 23.8 Å². The van der Waals surface area contributed by atoms with Crippen LogP contribution >= 0.6 is 0 Å². The highest BCUT2D eigenvalue weighted by molar-refractivity contribution is 5.92. The summed E-state index contributed by atoms with van der Waals surface area (Å²) in [5, 5.41) is 0. The van der Waals surface area contributed by atoms with E-state index in [9.17, 15) is 14.0 Å². The first-order valence-electron chi connectivity index (χ1n) is 8.56. The number of ether oxygens (including phenoxy) is 2. The SMILES string of the molecule is CCOC(=O)c1cc(N)c(N2CC[C@@H](C(=O)OC(C)(C)C)C2N)c(F)c1. The van der Waals surface area contributed by atoms with E-state index >= 15 is 0 Å². The molecule has 2 rings (SSSR count). The van der Waals surface area contributed by atoms with Crippen LogP contribution in [0.2, 0.25) is 0 Å². The van der Waals surface area contributed by atoms with Crippen LogP contribution in [0.4, 0.5) is 15.8 Å². The number of hydrogen-bond donors (Lipinski definition) is 2. The Kier molecular flexibility index (Phi) is 5.75. The van der Waals surface area contributed by atoms with Crippen molar-refractivity contribution in [2.45, 2.75) is 45.9 Å². The predicted molar refractivity (Wildman–Crippen MR) is 96.0 cm³/mol. The lowest BCUT2D eigenvalue weighted by molar-refractivity contribution is -0.160. The van der Waals surface area contributed by atoms with Gasteiger partial charge in [-0.3, -0.25) is 4.79 Å². The molecule has 0 radical (unpaired) electrons. The summed E-state index contributed by atoms with van der Waals surface area (Å²) in [6.07, 6.45) is -0.343. The first-order chi connectivity index (χ1) is 12.0. The van der Waals surface area contributed by atoms with Crippen LogP contribution in [0.3, 0.4) is 0 Å². The van der Waals surface area contributed by atoms with Crippen molar-refractivity contribution in [2.24, 2.45) is 11.7 Å². The van der Waals surface area contributed by atoms with E-state index in [0.29, 0.717) is 13.0 Å². The van der Waals surface area contributed by atoms with Crippen molar-refractivity contribution in [3.8, 4) is 0 Å². The summed E-state index contributed by atoms with van der Waals surface area (Å²) in [4.78, 5) is 25.6. The summed E-state index contributed by atoms with van der Waals surface area (Å²) < 4.78 is 24.9. The van der Waals surface area contributed by atoms with E-state index in [1.165, 1.54) is 11.0 Å². The Labute approximate surface area is 152 Å². The molecule has 2 atom stereocenters. The van der Waals surface area contributed by atoms with Gasteiger partial charge in [-0.05, 0) is 46.2 Å². The molecule has 144 valence electrons. The Hall–Kier alpha value is -2.35. The van der Waals surface area contributed by atoms with E-state index in [2.05, 4.69) is 0 Å². The number of rotatable bonds is 4. The maximum absolute atomic E-state index is 14.6. The first-order valence-corrected chi connectivity index (χ1v) is 8.56. The monoisotopic (exact) mass is 367 g/mol. The van der Waals surface area contributed by atoms with Gasteiger partial charge in [0.05, 0.1) is 35.6 Å². The molecule has 1 aliphatic heterocycles. The molecule has 0 aromatic heterocycles. The highest BCUT2D eigenvalue weighted by Gasteiger charge is 2.40. The van der Waals surface area contributed by atoms with Crippen LogP contribution in [0.5, 0.6) is 0 Å². The fourth-order valence-corrected chi connectivity index (χ4v) is 2.97. The van der Waals surface area contributed by atoms with Gasteiger partial charge in [0.1, 0.15) is 11.4 Å². The summed E-state index contributed by atoms with van der Waals surface area (Å²) in [6, 6.07) is 2.42. The Morgan fingerprint density at radius 2 is 2.00 bits per heavy atom. The third kappa shape index (κ3) is 4.24. The molecule has 1 unspecified atom stereocenters. The van der Waals surface area contributed by atoms with E-state index < -0.39 is 35.4 Å². The zero-order valence-corrected chi connectivity index (χ0v) is 15.5. The summed E-state index contributed by atoms with van der Waals surface area (Å²) in [7, 11) is 0. The van der Waals surface area contributed by atoms with Crippen LogP contribution < -0.4 is 16.4 Å². The number of carbonyl (C=O) groups is 2. The fourth-order valence-electron chi connectivity index (χ4n) is 2.97. The molecule has 1 saturated heterocycles. The summed E-state index contributed by atoms with van der Waals surface area (Å²) in [5.74, 6) is -2.34. The standard InChI is InChI=1S/C18H26FN3O4/c1-5-25-16(23)10-8-12(19)14(13(20)9-10)22-7-6-11(15(22)21)17(24)26-18(2,3)4/h8-9,11,15H,5-7,20-21H2,1-4H3/t11-,15?/m1/s1. The van der Waals surface area contributed by atoms with Gasteiger partial charge in [0, 0.05) is 6.54 Å². The molecule has 26 heavy (non-hydrogen) atoms. The average Bonchev–Trinajstić information content (AvgIpc) is 2.87. The lowest BCUT2D eigenvalue weighted by Gasteiger charge is -2.29. The predicted octanol–water partition coefficient (Wildman–Crippen LogP) is 2.04. The van der Waals surface area contributed by atoms with Crippen molar-refractivity contribution in [3.05, 3.63) is 23.5 Å². The largest absolute Gasteiger partial charge is 0.462 e. The maximum Gasteiger partial charge on any atom is 0.338 e. The summed E-state index contributed by atoms with van der Waals surface area (Å²) >= 11 is 0. The van der Waals surface area contributed by atoms with Gasteiger partial charge in [0.25, 0.3) is 0 Å². The molecular formula is C18H26FN3O4. The smallest absolute Gasteiger partial charge is 0.338 e. The minimum atomic E-state index is -0.768. The zero-order valence-electron chi connectivity index (χ0n) is 15.5. The van der Waals surface area contributed by atoms with Crippen LogP contribution in [0.15, 0.2) is 12.1 Å². The van der Waals surface area contributed by atoms with Crippen molar-refractivity contribution >= 4 is 23.3 Å². The van der Waals surface area contributed by atoms with Gasteiger partial charge in [0.15, 0.2) is 0 Å². The Bertz CT molecular complexity index is 679. The van der Waals surface area contributed by atoms with Crippen molar-refractivity contribution in [3.63, 3.8) is 0 Å². The van der Waals surface area contributed by atoms with Crippen molar-refractivity contribution < 1.29 is 23.5 Å². The van der Waals surface area contributed by atoms with E-state index in [4.69, 9.17) is 20.9 Å². The molecule has 1 fully saturated rings. The van der Waals surface area contributed by atoms with Crippen molar-refractivity contribution in [1.29, 1.82) is 0 Å². The van der Waals surface area contributed by atoms with Crippen LogP contribution in [0.1, 0.15) is 44.5 Å². The number of nitrogens with two attached hydrogens (primary N) is 2. The van der Waals surface area contributed by atoms with Crippen LogP contribution in [-0.2, 0) is 14.3 Å². The minimum Gasteiger partial charge on any atom is -0.462 e. The van der Waals surface area contributed by atoms with Gasteiger partial charge in [-0.1, -0.05) is 0 Å². The van der Waals surface area contributed by atoms with Gasteiger partial charge < -0.3 is 25.8 Å². The number of benzene rings is 1. The molecule has 0 bridgehead atoms. The van der Waals surface area contributed by atoms with E-state index in [1.54, 1.807) is 27.7 Å². The minimum absolute atomic E-state index is 0.0297. The number of hydrogen-bond acceptors (Lipinski definition) is 7. The molecule has 0 spiro atoms. The molecule has 1 aromatic carbocycles. The molecule has 0 aliphatic carbocycles. The molecule has 0 saturated carbocycles. The third-order valence-corrected chi connectivity index (χ3v) is 4.05. The van der Waals surface area contributed by atoms with Crippen LogP contribution in [0.25, 0.3) is 0 Å². The van der Waals surface area contributed by atoms with Crippen molar-refractivity contribution in [1.82, 2.24) is 0 Å². The van der Waals surface area contributed by atoms with Gasteiger partial charge in [-0.2, -0.15) is 0 Å². The van der Waals surface area contributed by atoms with Gasteiger partial charge in [-0.15, -0.1) is 0 Å². The molecular weight excluding hydrogens is 341 g/mol. The number of carbonyl (C=O) groups excluding carboxylic acids is 2. The number of halogens is 1. The lowest BCUT2D eigenvalue weighted by atomic mass is 10.1. The fraction of sp³-hybridized carbons (Fsp3) is 0.556. The van der Waals surface area contributed by atoms with Gasteiger partial charge in [0.2, 0.25) is 0 Å². The van der Waals surface area contributed by atoms with E-state index in [0.717, 1.165) is 6.07 Å². The number of nitrogens with zero attached hydrogens (tertiary/aromatic N) is 1. The number of anilines is 2. The number of esters is 2. The molecule has 1 heterocycles. The second-order valence-corrected chi connectivity index (χ2v) is 7.23. The topological polar surface area (TPSA) is 108 Å². The Balaban J connectivity index is 2.24. The van der Waals surface area contributed by atoms with E-state index in [1.807, 2.05) is 0 Å². The molecule has 1 aromatic rings. The second kappa shape index (κ2) is 7.49. The average molecular weight is 367 g/mol. The summed E-state index contributed by atoms with van der Waals surface area (Å²) in [5.41, 5.74) is 11.7. The highest BCUT2D eigenvalue weighted by atomic mass is 19.1. The molecule has 0 amide bonds. The van der Waals surface area contributed by atoms with Gasteiger partial charge in [-0.25, -0.2) is 9.18 Å².